The van der Waals surface area contributed by atoms with Gasteiger partial charge in [-0.1, -0.05) is 61.5 Å². The molecule has 0 amide bonds. The van der Waals surface area contributed by atoms with Crippen molar-refractivity contribution in [2.45, 2.75) is 13.3 Å². The lowest BCUT2D eigenvalue weighted by atomic mass is 10.1. The van der Waals surface area contributed by atoms with Crippen LogP contribution in [0.1, 0.15) is 12.6 Å². The van der Waals surface area contributed by atoms with E-state index in [-0.39, 0.29) is 5.82 Å². The third kappa shape index (κ3) is 3.04. The van der Waals surface area contributed by atoms with E-state index in [9.17, 15) is 4.39 Å². The predicted molar refractivity (Wildman–Crippen MR) is 104 cm³/mol. The third-order valence-electron chi connectivity index (χ3n) is 4.49. The van der Waals surface area contributed by atoms with Crippen molar-refractivity contribution in [3.05, 3.63) is 96.4 Å². The quantitative estimate of drug-likeness (QED) is 0.451. The highest BCUT2D eigenvalue weighted by Crippen LogP contribution is 2.28. The minimum absolute atomic E-state index is 0.239. The molecule has 0 radical (unpaired) electrons. The molecule has 0 N–H and O–H groups in total. The van der Waals surface area contributed by atoms with Crippen LogP contribution in [0.4, 0.5) is 4.39 Å². The van der Waals surface area contributed by atoms with Gasteiger partial charge in [0.05, 0.1) is 17.1 Å². The van der Waals surface area contributed by atoms with Crippen molar-refractivity contribution in [2.75, 3.05) is 0 Å². The van der Waals surface area contributed by atoms with Gasteiger partial charge in [0.25, 0.3) is 0 Å². The molecule has 0 unspecified atom stereocenters. The van der Waals surface area contributed by atoms with Crippen LogP contribution < -0.4 is 0 Å². The van der Waals surface area contributed by atoms with Crippen LogP contribution >= 0.6 is 0 Å². The normalized spacial score (nSPS) is 10.8. The molecule has 4 aromatic rings. The highest BCUT2D eigenvalue weighted by atomic mass is 19.1. The van der Waals surface area contributed by atoms with Gasteiger partial charge in [0.15, 0.2) is 0 Å². The molecule has 2 nitrogen and oxygen atoms in total. The minimum atomic E-state index is -0.239. The molecule has 128 valence electrons. The van der Waals surface area contributed by atoms with Crippen molar-refractivity contribution in [3.8, 4) is 28.1 Å². The summed E-state index contributed by atoms with van der Waals surface area (Å²) in [4.78, 5) is 0. The van der Waals surface area contributed by atoms with Crippen LogP contribution in [0, 0.1) is 5.82 Å². The Bertz CT molecular complexity index is 1020. The molecular formula is C23H19FN2. The van der Waals surface area contributed by atoms with Crippen molar-refractivity contribution in [2.24, 2.45) is 0 Å². The molecule has 3 heteroatoms. The largest absolute Gasteiger partial charge is 0.233 e. The lowest BCUT2D eigenvalue weighted by Gasteiger charge is -2.09. The summed E-state index contributed by atoms with van der Waals surface area (Å²) in [5, 5.41) is 4.67. The fraction of sp³-hybridized carbons (Fsp3) is 0.0870. The van der Waals surface area contributed by atoms with Crippen molar-refractivity contribution >= 4 is 0 Å². The van der Waals surface area contributed by atoms with Gasteiger partial charge < -0.3 is 0 Å². The van der Waals surface area contributed by atoms with Gasteiger partial charge in [-0.25, -0.2) is 9.07 Å². The average Bonchev–Trinajstić information content (AvgIpc) is 3.13. The van der Waals surface area contributed by atoms with E-state index in [1.165, 1.54) is 11.6 Å². The summed E-state index contributed by atoms with van der Waals surface area (Å²) in [5.41, 5.74) is 5.50. The van der Waals surface area contributed by atoms with E-state index in [1.54, 1.807) is 12.1 Å². The molecular weight excluding hydrogens is 323 g/mol. The second kappa shape index (κ2) is 6.96. The van der Waals surface area contributed by atoms with Gasteiger partial charge in [0, 0.05) is 5.56 Å². The second-order valence-corrected chi connectivity index (χ2v) is 6.18. The van der Waals surface area contributed by atoms with Crippen molar-refractivity contribution in [1.82, 2.24) is 9.78 Å². The molecule has 0 atom stereocenters. The van der Waals surface area contributed by atoms with Gasteiger partial charge in [-0.3, -0.25) is 0 Å². The molecule has 1 heterocycles. The maximum Gasteiger partial charge on any atom is 0.132 e. The van der Waals surface area contributed by atoms with E-state index in [0.29, 0.717) is 5.56 Å². The highest BCUT2D eigenvalue weighted by Gasteiger charge is 2.14. The zero-order chi connectivity index (χ0) is 17.9. The van der Waals surface area contributed by atoms with Crippen LogP contribution in [0.2, 0.25) is 0 Å². The van der Waals surface area contributed by atoms with Gasteiger partial charge in [-0.2, -0.15) is 5.10 Å². The molecule has 0 aliphatic rings. The Morgan fingerprint density at radius 1 is 0.808 bits per heavy atom. The molecule has 0 saturated carbocycles. The molecule has 1 aromatic heterocycles. The molecule has 26 heavy (non-hydrogen) atoms. The number of benzene rings is 3. The molecule has 0 aliphatic carbocycles. The van der Waals surface area contributed by atoms with Crippen LogP contribution in [0.5, 0.6) is 0 Å². The zero-order valence-corrected chi connectivity index (χ0v) is 14.6. The number of rotatable bonds is 4. The molecule has 4 rings (SSSR count). The summed E-state index contributed by atoms with van der Waals surface area (Å²) in [6.07, 6.45) is 0.802. The first-order valence-corrected chi connectivity index (χ1v) is 8.76. The Kier molecular flexibility index (Phi) is 4.36. The number of nitrogens with zero attached hydrogens (tertiary/aromatic N) is 2. The number of hydrogen-bond donors (Lipinski definition) is 0. The SMILES string of the molecule is CCc1cc(-c2ccccc2F)n(-c2ccc(-c3ccccc3)cc2)n1. The van der Waals surface area contributed by atoms with Gasteiger partial charge in [-0.15, -0.1) is 0 Å². The number of aromatic nitrogens is 2. The lowest BCUT2D eigenvalue weighted by molar-refractivity contribution is 0.629. The summed E-state index contributed by atoms with van der Waals surface area (Å²) in [5.74, 6) is -0.239. The molecule has 3 aromatic carbocycles. The maximum atomic E-state index is 14.3. The maximum absolute atomic E-state index is 14.3. The molecule has 0 saturated heterocycles. The summed E-state index contributed by atoms with van der Waals surface area (Å²) >= 11 is 0. The van der Waals surface area contributed by atoms with Gasteiger partial charge in [0.1, 0.15) is 5.82 Å². The Morgan fingerprint density at radius 2 is 1.46 bits per heavy atom. The lowest BCUT2D eigenvalue weighted by Crippen LogP contribution is -2.00. The first-order valence-electron chi connectivity index (χ1n) is 8.76. The fourth-order valence-electron chi connectivity index (χ4n) is 3.09. The van der Waals surface area contributed by atoms with Crippen LogP contribution in [0.15, 0.2) is 84.9 Å². The molecule has 0 aliphatic heterocycles. The Hall–Kier alpha value is -3.20. The smallest absolute Gasteiger partial charge is 0.132 e. The monoisotopic (exact) mass is 342 g/mol. The molecule has 0 fully saturated rings. The number of aryl methyl sites for hydroxylation is 1. The van der Waals surface area contributed by atoms with Crippen LogP contribution in [0.3, 0.4) is 0 Å². The van der Waals surface area contributed by atoms with E-state index in [2.05, 4.69) is 36.3 Å². The summed E-state index contributed by atoms with van der Waals surface area (Å²) in [6.45, 7) is 2.05. The zero-order valence-electron chi connectivity index (χ0n) is 14.6. The van der Waals surface area contributed by atoms with Gasteiger partial charge >= 0.3 is 0 Å². The van der Waals surface area contributed by atoms with Crippen LogP contribution in [-0.4, -0.2) is 9.78 Å². The predicted octanol–water partition coefficient (Wildman–Crippen LogP) is 5.91. The van der Waals surface area contributed by atoms with Gasteiger partial charge in [-0.05, 0) is 47.9 Å². The van der Waals surface area contributed by atoms with Crippen molar-refractivity contribution in [1.29, 1.82) is 0 Å². The van der Waals surface area contributed by atoms with Crippen LogP contribution in [0.25, 0.3) is 28.1 Å². The molecule has 0 spiro atoms. The van der Waals surface area contributed by atoms with E-state index in [1.807, 2.05) is 47.1 Å². The first kappa shape index (κ1) is 16.3. The Morgan fingerprint density at radius 3 is 2.15 bits per heavy atom. The summed E-state index contributed by atoms with van der Waals surface area (Å²) in [7, 11) is 0. The Labute approximate surface area is 152 Å². The first-order chi connectivity index (χ1) is 12.8. The van der Waals surface area contributed by atoms with Crippen LogP contribution in [-0.2, 0) is 6.42 Å². The van der Waals surface area contributed by atoms with E-state index < -0.39 is 0 Å². The summed E-state index contributed by atoms with van der Waals surface area (Å²) in [6, 6.07) is 27.2. The van der Waals surface area contributed by atoms with E-state index >= 15 is 0 Å². The van der Waals surface area contributed by atoms with E-state index in [0.717, 1.165) is 29.1 Å². The van der Waals surface area contributed by atoms with Gasteiger partial charge in [0.2, 0.25) is 0 Å². The van der Waals surface area contributed by atoms with Crippen molar-refractivity contribution < 1.29 is 4.39 Å². The fourth-order valence-corrected chi connectivity index (χ4v) is 3.09. The number of halogens is 1. The molecule has 0 bridgehead atoms. The minimum Gasteiger partial charge on any atom is -0.233 e. The second-order valence-electron chi connectivity index (χ2n) is 6.18. The highest BCUT2D eigenvalue weighted by molar-refractivity contribution is 5.67. The van der Waals surface area contributed by atoms with Crippen molar-refractivity contribution in [3.63, 3.8) is 0 Å². The average molecular weight is 342 g/mol. The number of hydrogen-bond acceptors (Lipinski definition) is 1. The topological polar surface area (TPSA) is 17.8 Å². The Balaban J connectivity index is 1.78. The standard InChI is InChI=1S/C23H19FN2/c1-2-19-16-23(21-10-6-7-11-22(21)24)26(25-19)20-14-12-18(13-15-20)17-8-4-3-5-9-17/h3-16H,2H2,1H3. The van der Waals surface area contributed by atoms with E-state index in [4.69, 9.17) is 0 Å². The summed E-state index contributed by atoms with van der Waals surface area (Å²) < 4.78 is 16.2. The third-order valence-corrected chi connectivity index (χ3v) is 4.49.